The van der Waals surface area contributed by atoms with E-state index in [-0.39, 0.29) is 5.75 Å². The number of rotatable bonds is 0. The lowest BCUT2D eigenvalue weighted by molar-refractivity contribution is 0.421. The minimum Gasteiger partial charge on any atom is -0.508 e. The lowest BCUT2D eigenvalue weighted by atomic mass is 10.3. The van der Waals surface area contributed by atoms with Crippen LogP contribution in [0.5, 0.6) is 11.5 Å². The zero-order chi connectivity index (χ0) is 8.85. The van der Waals surface area contributed by atoms with Gasteiger partial charge in [-0.25, -0.2) is 4.39 Å². The minimum atomic E-state index is -0.810. The number of phenols is 2. The van der Waals surface area contributed by atoms with Crippen molar-refractivity contribution in [2.45, 2.75) is 13.8 Å². The molecule has 2 nitrogen and oxygen atoms in total. The lowest BCUT2D eigenvalue weighted by Crippen LogP contribution is -1.72. The molecule has 0 amide bonds. The van der Waals surface area contributed by atoms with E-state index in [2.05, 4.69) is 0 Å². The second-order valence-electron chi connectivity index (χ2n) is 1.64. The molecule has 11 heavy (non-hydrogen) atoms. The Morgan fingerprint density at radius 3 is 2.09 bits per heavy atom. The van der Waals surface area contributed by atoms with Crippen molar-refractivity contribution in [3.05, 3.63) is 24.0 Å². The van der Waals surface area contributed by atoms with Crippen molar-refractivity contribution in [3.8, 4) is 11.5 Å². The van der Waals surface area contributed by atoms with Gasteiger partial charge in [-0.2, -0.15) is 0 Å². The van der Waals surface area contributed by atoms with Crippen LogP contribution in [-0.2, 0) is 0 Å². The van der Waals surface area contributed by atoms with Gasteiger partial charge in [0, 0.05) is 6.07 Å². The minimum absolute atomic E-state index is 0.190. The van der Waals surface area contributed by atoms with Crippen LogP contribution < -0.4 is 0 Å². The Morgan fingerprint density at radius 1 is 1.18 bits per heavy atom. The van der Waals surface area contributed by atoms with Crippen LogP contribution >= 0.6 is 0 Å². The molecule has 0 aliphatic rings. The molecule has 3 heteroatoms. The summed E-state index contributed by atoms with van der Waals surface area (Å²) in [6.45, 7) is 4.00. The first-order valence-electron chi connectivity index (χ1n) is 3.37. The number of benzene rings is 1. The Kier molecular flexibility index (Phi) is 4.03. The molecular weight excluding hydrogens is 147 g/mol. The van der Waals surface area contributed by atoms with Gasteiger partial charge in [0.2, 0.25) is 0 Å². The Hall–Kier alpha value is -1.25. The van der Waals surface area contributed by atoms with Crippen molar-refractivity contribution in [2.24, 2.45) is 0 Å². The maximum atomic E-state index is 12.2. The van der Waals surface area contributed by atoms with Crippen molar-refractivity contribution in [3.63, 3.8) is 0 Å². The van der Waals surface area contributed by atoms with Gasteiger partial charge in [0.1, 0.15) is 5.75 Å². The van der Waals surface area contributed by atoms with Gasteiger partial charge in [-0.15, -0.1) is 0 Å². The summed E-state index contributed by atoms with van der Waals surface area (Å²) in [4.78, 5) is 0. The van der Waals surface area contributed by atoms with Crippen LogP contribution in [0.1, 0.15) is 13.8 Å². The maximum absolute atomic E-state index is 12.2. The smallest absolute Gasteiger partial charge is 0.168 e. The number of aromatic hydroxyl groups is 2. The molecule has 0 aromatic heterocycles. The van der Waals surface area contributed by atoms with E-state index in [0.717, 1.165) is 12.1 Å². The summed E-state index contributed by atoms with van der Waals surface area (Å²) in [5.74, 6) is -1.45. The highest BCUT2D eigenvalue weighted by molar-refractivity contribution is 5.30. The third kappa shape index (κ3) is 2.89. The summed E-state index contributed by atoms with van der Waals surface area (Å²) >= 11 is 0. The van der Waals surface area contributed by atoms with E-state index in [4.69, 9.17) is 10.2 Å². The van der Waals surface area contributed by atoms with Crippen LogP contribution in [0.3, 0.4) is 0 Å². The van der Waals surface area contributed by atoms with Crippen LogP contribution in [0.15, 0.2) is 18.2 Å². The zero-order valence-electron chi connectivity index (χ0n) is 6.50. The summed E-state index contributed by atoms with van der Waals surface area (Å²) in [6, 6.07) is 3.14. The van der Waals surface area contributed by atoms with Crippen LogP contribution in [-0.4, -0.2) is 10.2 Å². The van der Waals surface area contributed by atoms with Crippen LogP contribution in [0, 0.1) is 5.82 Å². The molecule has 0 aliphatic heterocycles. The molecular formula is C8H11FO2. The van der Waals surface area contributed by atoms with Gasteiger partial charge in [0.05, 0.1) is 0 Å². The number of hydrogen-bond donors (Lipinski definition) is 2. The van der Waals surface area contributed by atoms with E-state index in [1.54, 1.807) is 0 Å². The summed E-state index contributed by atoms with van der Waals surface area (Å²) < 4.78 is 12.2. The third-order valence-electron chi connectivity index (χ3n) is 0.931. The molecule has 1 rings (SSSR count). The molecule has 0 saturated carbocycles. The molecule has 0 bridgehead atoms. The average Bonchev–Trinajstić information content (AvgIpc) is 2.02. The fourth-order valence-electron chi connectivity index (χ4n) is 0.496. The summed E-state index contributed by atoms with van der Waals surface area (Å²) in [5, 5.41) is 17.1. The molecule has 0 fully saturated rings. The largest absolute Gasteiger partial charge is 0.508 e. The van der Waals surface area contributed by atoms with E-state index >= 15 is 0 Å². The zero-order valence-corrected chi connectivity index (χ0v) is 6.50. The Balaban J connectivity index is 0.000000461. The third-order valence-corrected chi connectivity index (χ3v) is 0.931. The van der Waals surface area contributed by atoms with Crippen LogP contribution in [0.25, 0.3) is 0 Å². The van der Waals surface area contributed by atoms with Crippen molar-refractivity contribution < 1.29 is 14.6 Å². The van der Waals surface area contributed by atoms with E-state index in [0.29, 0.717) is 0 Å². The van der Waals surface area contributed by atoms with Crippen molar-refractivity contribution in [1.29, 1.82) is 0 Å². The predicted octanol–water partition coefficient (Wildman–Crippen LogP) is 2.26. The molecule has 0 heterocycles. The standard InChI is InChI=1S/C6H5FO2.C2H6/c7-5-3-4(8)1-2-6(5)9;1-2/h1-3,8-9H;1-2H3. The fourth-order valence-corrected chi connectivity index (χ4v) is 0.496. The van der Waals surface area contributed by atoms with Crippen molar-refractivity contribution in [2.75, 3.05) is 0 Å². The van der Waals surface area contributed by atoms with Gasteiger partial charge >= 0.3 is 0 Å². The highest BCUT2D eigenvalue weighted by Crippen LogP contribution is 2.19. The van der Waals surface area contributed by atoms with Gasteiger partial charge in [-0.1, -0.05) is 13.8 Å². The molecule has 1 aromatic carbocycles. The fraction of sp³-hybridized carbons (Fsp3) is 0.250. The first-order chi connectivity index (χ1) is 5.20. The summed E-state index contributed by atoms with van der Waals surface area (Å²) in [5.41, 5.74) is 0. The molecule has 0 spiro atoms. The highest BCUT2D eigenvalue weighted by Gasteiger charge is 1.97. The summed E-state index contributed by atoms with van der Waals surface area (Å²) in [6.07, 6.45) is 0. The Morgan fingerprint density at radius 2 is 1.73 bits per heavy atom. The molecule has 0 aliphatic carbocycles. The first kappa shape index (κ1) is 9.75. The van der Waals surface area contributed by atoms with Gasteiger partial charge in [0.25, 0.3) is 0 Å². The molecule has 0 unspecified atom stereocenters. The SMILES string of the molecule is CC.Oc1ccc(O)c(F)c1. The van der Waals surface area contributed by atoms with E-state index in [1.807, 2.05) is 13.8 Å². The number of phenolic OH excluding ortho intramolecular Hbond substituents is 2. The van der Waals surface area contributed by atoms with Gasteiger partial charge in [0.15, 0.2) is 11.6 Å². The molecule has 0 saturated heterocycles. The monoisotopic (exact) mass is 158 g/mol. The quantitative estimate of drug-likeness (QED) is 0.568. The van der Waals surface area contributed by atoms with E-state index < -0.39 is 11.6 Å². The normalized spacial score (nSPS) is 8.27. The second kappa shape index (κ2) is 4.55. The number of halogens is 1. The molecule has 1 aromatic rings. The van der Waals surface area contributed by atoms with Gasteiger partial charge in [-0.05, 0) is 12.1 Å². The Labute approximate surface area is 64.9 Å². The van der Waals surface area contributed by atoms with E-state index in [1.165, 1.54) is 6.07 Å². The van der Waals surface area contributed by atoms with Crippen LogP contribution in [0.4, 0.5) is 4.39 Å². The molecule has 0 atom stereocenters. The van der Waals surface area contributed by atoms with Gasteiger partial charge < -0.3 is 10.2 Å². The lowest BCUT2D eigenvalue weighted by Gasteiger charge is -1.92. The predicted molar refractivity (Wildman–Crippen MR) is 41.1 cm³/mol. The van der Waals surface area contributed by atoms with Crippen LogP contribution in [0.2, 0.25) is 0 Å². The van der Waals surface area contributed by atoms with Gasteiger partial charge in [-0.3, -0.25) is 0 Å². The average molecular weight is 158 g/mol. The number of hydrogen-bond acceptors (Lipinski definition) is 2. The summed E-state index contributed by atoms with van der Waals surface area (Å²) in [7, 11) is 0. The van der Waals surface area contributed by atoms with Crippen molar-refractivity contribution in [1.82, 2.24) is 0 Å². The van der Waals surface area contributed by atoms with E-state index in [9.17, 15) is 4.39 Å². The maximum Gasteiger partial charge on any atom is 0.168 e. The Bertz CT molecular complexity index is 223. The topological polar surface area (TPSA) is 40.5 Å². The molecule has 62 valence electrons. The highest BCUT2D eigenvalue weighted by atomic mass is 19.1. The first-order valence-corrected chi connectivity index (χ1v) is 3.37. The molecule has 2 N–H and O–H groups in total. The van der Waals surface area contributed by atoms with Crippen molar-refractivity contribution >= 4 is 0 Å². The molecule has 0 radical (unpaired) electrons. The second-order valence-corrected chi connectivity index (χ2v) is 1.64.